The second-order valence-electron chi connectivity index (χ2n) is 5.07. The van der Waals surface area contributed by atoms with Gasteiger partial charge >= 0.3 is 0 Å². The number of hydrogen-bond donors (Lipinski definition) is 2. The summed E-state index contributed by atoms with van der Waals surface area (Å²) in [5.41, 5.74) is 6.76. The topological polar surface area (TPSA) is 75.4 Å². The van der Waals surface area contributed by atoms with Gasteiger partial charge in [-0.25, -0.2) is 0 Å². The van der Waals surface area contributed by atoms with Gasteiger partial charge in [0.25, 0.3) is 5.91 Å². The van der Waals surface area contributed by atoms with Crippen molar-refractivity contribution >= 4 is 23.2 Å². The first-order valence-electron chi connectivity index (χ1n) is 7.54. The van der Waals surface area contributed by atoms with Gasteiger partial charge in [-0.3, -0.25) is 9.59 Å². The molecule has 6 heteroatoms. The van der Waals surface area contributed by atoms with Crippen LogP contribution in [0.2, 0.25) is 0 Å². The van der Waals surface area contributed by atoms with Crippen molar-refractivity contribution in [3.8, 4) is 0 Å². The monoisotopic (exact) mass is 331 g/mol. The average Bonchev–Trinajstić information content (AvgIpc) is 3.11. The predicted octanol–water partition coefficient (Wildman–Crippen LogP) is 1.51. The molecule has 1 aromatic heterocycles. The highest BCUT2D eigenvalue weighted by molar-refractivity contribution is 7.12. The van der Waals surface area contributed by atoms with Crippen molar-refractivity contribution < 1.29 is 9.59 Å². The van der Waals surface area contributed by atoms with Crippen LogP contribution in [-0.2, 0) is 11.2 Å². The lowest BCUT2D eigenvalue weighted by Crippen LogP contribution is -2.43. The average molecular weight is 331 g/mol. The summed E-state index contributed by atoms with van der Waals surface area (Å²) in [5, 5.41) is 4.49. The number of nitrogens with one attached hydrogen (secondary N) is 1. The molecule has 122 valence electrons. The van der Waals surface area contributed by atoms with E-state index in [2.05, 4.69) is 5.32 Å². The molecular weight excluding hydrogens is 310 g/mol. The molecule has 0 bridgehead atoms. The molecule has 0 aliphatic heterocycles. The highest BCUT2D eigenvalue weighted by Gasteiger charge is 2.14. The molecule has 23 heavy (non-hydrogen) atoms. The highest BCUT2D eigenvalue weighted by atomic mass is 32.1. The molecule has 0 atom stereocenters. The van der Waals surface area contributed by atoms with E-state index in [-0.39, 0.29) is 18.4 Å². The van der Waals surface area contributed by atoms with Crippen molar-refractivity contribution in [1.29, 1.82) is 0 Å². The van der Waals surface area contributed by atoms with Crippen LogP contribution < -0.4 is 11.1 Å². The molecule has 0 unspecified atom stereocenters. The number of benzene rings is 1. The molecule has 2 amide bonds. The van der Waals surface area contributed by atoms with Gasteiger partial charge in [-0.15, -0.1) is 11.3 Å². The SMILES string of the molecule is NCCN(CCc1ccccc1)C(=O)CNC(=O)c1cccs1. The Balaban J connectivity index is 1.84. The lowest BCUT2D eigenvalue weighted by molar-refractivity contribution is -0.130. The minimum Gasteiger partial charge on any atom is -0.342 e. The molecule has 5 nitrogen and oxygen atoms in total. The van der Waals surface area contributed by atoms with Crippen molar-refractivity contribution in [3.63, 3.8) is 0 Å². The van der Waals surface area contributed by atoms with Gasteiger partial charge < -0.3 is 16.0 Å². The van der Waals surface area contributed by atoms with Crippen LogP contribution in [0.15, 0.2) is 47.8 Å². The van der Waals surface area contributed by atoms with Crippen LogP contribution in [0.3, 0.4) is 0 Å². The molecule has 0 fully saturated rings. The Labute approximate surface area is 140 Å². The van der Waals surface area contributed by atoms with Gasteiger partial charge in [0.1, 0.15) is 0 Å². The first kappa shape index (κ1) is 17.2. The maximum atomic E-state index is 12.3. The van der Waals surface area contributed by atoms with Gasteiger partial charge in [-0.2, -0.15) is 0 Å². The van der Waals surface area contributed by atoms with Gasteiger partial charge in [0.2, 0.25) is 5.91 Å². The molecule has 0 aliphatic rings. The summed E-state index contributed by atoms with van der Waals surface area (Å²) in [4.78, 5) is 26.5. The Hall–Kier alpha value is -2.18. The van der Waals surface area contributed by atoms with E-state index in [1.165, 1.54) is 16.9 Å². The molecule has 3 N–H and O–H groups in total. The Morgan fingerprint density at radius 1 is 1.09 bits per heavy atom. The highest BCUT2D eigenvalue weighted by Crippen LogP contribution is 2.07. The first-order chi connectivity index (χ1) is 11.2. The van der Waals surface area contributed by atoms with Crippen LogP contribution in [0, 0.1) is 0 Å². The van der Waals surface area contributed by atoms with Crippen molar-refractivity contribution in [2.75, 3.05) is 26.2 Å². The van der Waals surface area contributed by atoms with E-state index >= 15 is 0 Å². The fourth-order valence-electron chi connectivity index (χ4n) is 2.19. The second kappa shape index (κ2) is 9.07. The molecule has 2 rings (SSSR count). The van der Waals surface area contributed by atoms with E-state index in [0.29, 0.717) is 24.5 Å². The third kappa shape index (κ3) is 5.50. The van der Waals surface area contributed by atoms with Crippen LogP contribution in [0.1, 0.15) is 15.2 Å². The molecule has 0 aliphatic carbocycles. The minimum atomic E-state index is -0.218. The zero-order chi connectivity index (χ0) is 16.5. The minimum absolute atomic E-state index is 0.00841. The van der Waals surface area contributed by atoms with Crippen LogP contribution in [-0.4, -0.2) is 42.9 Å². The van der Waals surface area contributed by atoms with Crippen molar-refractivity contribution in [2.24, 2.45) is 5.73 Å². The lowest BCUT2D eigenvalue weighted by atomic mass is 10.1. The van der Waals surface area contributed by atoms with E-state index < -0.39 is 0 Å². The fourth-order valence-corrected chi connectivity index (χ4v) is 2.83. The number of thiophene rings is 1. The number of nitrogens with two attached hydrogens (primary N) is 1. The van der Waals surface area contributed by atoms with E-state index in [1.54, 1.807) is 11.0 Å². The Bertz CT molecular complexity index is 614. The zero-order valence-corrected chi connectivity index (χ0v) is 13.7. The van der Waals surface area contributed by atoms with E-state index in [0.717, 1.165) is 6.42 Å². The Morgan fingerprint density at radius 3 is 2.52 bits per heavy atom. The van der Waals surface area contributed by atoms with Gasteiger partial charge in [0.15, 0.2) is 0 Å². The molecule has 1 aromatic carbocycles. The van der Waals surface area contributed by atoms with Crippen molar-refractivity contribution in [3.05, 3.63) is 58.3 Å². The van der Waals surface area contributed by atoms with Crippen LogP contribution in [0.25, 0.3) is 0 Å². The van der Waals surface area contributed by atoms with Gasteiger partial charge in [-0.1, -0.05) is 36.4 Å². The van der Waals surface area contributed by atoms with Crippen molar-refractivity contribution in [2.45, 2.75) is 6.42 Å². The maximum Gasteiger partial charge on any atom is 0.261 e. The summed E-state index contributed by atoms with van der Waals surface area (Å²) < 4.78 is 0. The summed E-state index contributed by atoms with van der Waals surface area (Å²) >= 11 is 1.35. The van der Waals surface area contributed by atoms with E-state index in [9.17, 15) is 9.59 Å². The lowest BCUT2D eigenvalue weighted by Gasteiger charge is -2.22. The smallest absolute Gasteiger partial charge is 0.261 e. The van der Waals surface area contributed by atoms with Gasteiger partial charge in [0.05, 0.1) is 11.4 Å². The number of amides is 2. The van der Waals surface area contributed by atoms with Gasteiger partial charge in [-0.05, 0) is 23.4 Å². The van der Waals surface area contributed by atoms with E-state index in [4.69, 9.17) is 5.73 Å². The summed E-state index contributed by atoms with van der Waals surface area (Å²) in [7, 11) is 0. The largest absolute Gasteiger partial charge is 0.342 e. The number of carbonyl (C=O) groups is 2. The number of nitrogens with zero attached hydrogens (tertiary/aromatic N) is 1. The van der Waals surface area contributed by atoms with E-state index in [1.807, 2.05) is 41.8 Å². The molecule has 0 saturated heterocycles. The number of rotatable bonds is 8. The summed E-state index contributed by atoms with van der Waals surface area (Å²) in [6.07, 6.45) is 0.769. The quantitative estimate of drug-likeness (QED) is 0.770. The summed E-state index contributed by atoms with van der Waals surface area (Å²) in [6.45, 7) is 1.47. The third-order valence-electron chi connectivity index (χ3n) is 3.41. The first-order valence-corrected chi connectivity index (χ1v) is 8.42. The standard InChI is InChI=1S/C17H21N3O2S/c18-9-11-20(10-8-14-5-2-1-3-6-14)16(21)13-19-17(22)15-7-4-12-23-15/h1-7,12H,8-11,13,18H2,(H,19,22). The molecular formula is C17H21N3O2S. The Kier molecular flexibility index (Phi) is 6.77. The number of hydrogen-bond acceptors (Lipinski definition) is 4. The predicted molar refractivity (Wildman–Crippen MR) is 92.4 cm³/mol. The second-order valence-corrected chi connectivity index (χ2v) is 6.01. The molecule has 0 spiro atoms. The molecule has 0 saturated carbocycles. The van der Waals surface area contributed by atoms with Crippen LogP contribution in [0.4, 0.5) is 0 Å². The van der Waals surface area contributed by atoms with Crippen LogP contribution >= 0.6 is 11.3 Å². The van der Waals surface area contributed by atoms with Crippen molar-refractivity contribution in [1.82, 2.24) is 10.2 Å². The third-order valence-corrected chi connectivity index (χ3v) is 4.28. The molecule has 1 heterocycles. The molecule has 0 radical (unpaired) electrons. The fraction of sp³-hybridized carbons (Fsp3) is 0.294. The summed E-state index contributed by atoms with van der Waals surface area (Å²) in [5.74, 6) is -0.333. The summed E-state index contributed by atoms with van der Waals surface area (Å²) in [6, 6.07) is 13.5. The van der Waals surface area contributed by atoms with Gasteiger partial charge in [0, 0.05) is 19.6 Å². The zero-order valence-electron chi connectivity index (χ0n) is 12.9. The normalized spacial score (nSPS) is 10.3. The maximum absolute atomic E-state index is 12.3. The Morgan fingerprint density at radius 2 is 1.87 bits per heavy atom. The molecule has 2 aromatic rings. The van der Waals surface area contributed by atoms with Crippen LogP contribution in [0.5, 0.6) is 0 Å². The number of carbonyl (C=O) groups excluding carboxylic acids is 2.